The summed E-state index contributed by atoms with van der Waals surface area (Å²) in [5.74, 6) is 1.36. The predicted octanol–water partition coefficient (Wildman–Crippen LogP) is 0.830. The van der Waals surface area contributed by atoms with Gasteiger partial charge in [-0.3, -0.25) is 0 Å². The Kier molecular flexibility index (Phi) is 6.53. The van der Waals surface area contributed by atoms with Gasteiger partial charge in [-0.1, -0.05) is 13.8 Å². The Morgan fingerprint density at radius 3 is 2.42 bits per heavy atom. The highest BCUT2D eigenvalue weighted by atomic mass is 35.5. The van der Waals surface area contributed by atoms with Crippen molar-refractivity contribution in [2.75, 3.05) is 32.7 Å². The van der Waals surface area contributed by atoms with Gasteiger partial charge in [-0.05, 0) is 43.7 Å². The third-order valence-corrected chi connectivity index (χ3v) is 5.40. The molecule has 0 spiro atoms. The molecule has 2 rings (SSSR count). The monoisotopic (exact) mass is 311 g/mol. The number of halogens is 1. The fourth-order valence-corrected chi connectivity index (χ4v) is 4.54. The van der Waals surface area contributed by atoms with Gasteiger partial charge in [0.25, 0.3) is 10.2 Å². The van der Waals surface area contributed by atoms with Crippen molar-refractivity contribution >= 4 is 22.6 Å². The van der Waals surface area contributed by atoms with Gasteiger partial charge in [-0.25, -0.2) is 4.72 Å². The van der Waals surface area contributed by atoms with Crippen LogP contribution in [0.25, 0.3) is 0 Å². The van der Waals surface area contributed by atoms with Gasteiger partial charge < -0.3 is 5.32 Å². The fourth-order valence-electron chi connectivity index (χ4n) is 3.01. The van der Waals surface area contributed by atoms with Gasteiger partial charge in [0.2, 0.25) is 0 Å². The summed E-state index contributed by atoms with van der Waals surface area (Å²) in [7, 11) is -3.28. The van der Waals surface area contributed by atoms with Gasteiger partial charge in [-0.15, -0.1) is 12.4 Å². The summed E-state index contributed by atoms with van der Waals surface area (Å²) in [6.07, 6.45) is 2.19. The van der Waals surface area contributed by atoms with Gasteiger partial charge in [0.05, 0.1) is 0 Å². The Morgan fingerprint density at radius 1 is 1.26 bits per heavy atom. The highest BCUT2D eigenvalue weighted by molar-refractivity contribution is 7.87. The number of hydrogen-bond acceptors (Lipinski definition) is 3. The molecule has 2 N–H and O–H groups in total. The van der Waals surface area contributed by atoms with Gasteiger partial charge in [0.1, 0.15) is 0 Å². The molecule has 0 bridgehead atoms. The van der Waals surface area contributed by atoms with Crippen LogP contribution in [0.3, 0.4) is 0 Å². The molecule has 5 nitrogen and oxygen atoms in total. The molecule has 2 fully saturated rings. The molecular weight excluding hydrogens is 286 g/mol. The van der Waals surface area contributed by atoms with E-state index in [0.717, 1.165) is 25.9 Å². The summed E-state index contributed by atoms with van der Waals surface area (Å²) < 4.78 is 28.8. The molecule has 0 aliphatic carbocycles. The zero-order valence-electron chi connectivity index (χ0n) is 11.8. The van der Waals surface area contributed by atoms with Crippen molar-refractivity contribution in [3.8, 4) is 0 Å². The molecule has 19 heavy (non-hydrogen) atoms. The Labute approximate surface area is 123 Å². The maximum atomic E-state index is 12.2. The average molecular weight is 312 g/mol. The van der Waals surface area contributed by atoms with E-state index in [1.165, 1.54) is 0 Å². The van der Waals surface area contributed by atoms with Crippen LogP contribution in [0.1, 0.15) is 26.7 Å². The minimum absolute atomic E-state index is 0. The lowest BCUT2D eigenvalue weighted by atomic mass is 9.94. The maximum Gasteiger partial charge on any atom is 0.279 e. The third kappa shape index (κ3) is 4.86. The molecule has 114 valence electrons. The molecule has 0 aromatic carbocycles. The van der Waals surface area contributed by atoms with E-state index in [0.29, 0.717) is 37.4 Å². The van der Waals surface area contributed by atoms with Crippen molar-refractivity contribution in [1.82, 2.24) is 14.3 Å². The summed E-state index contributed by atoms with van der Waals surface area (Å²) in [5, 5.41) is 3.25. The molecule has 0 radical (unpaired) electrons. The molecule has 2 aliphatic rings. The summed E-state index contributed by atoms with van der Waals surface area (Å²) in [6, 6.07) is 0. The zero-order chi connectivity index (χ0) is 13.2. The highest BCUT2D eigenvalue weighted by Gasteiger charge is 2.30. The van der Waals surface area contributed by atoms with E-state index in [4.69, 9.17) is 0 Å². The third-order valence-electron chi connectivity index (χ3n) is 3.89. The fraction of sp³-hybridized carbons (Fsp3) is 1.00. The molecule has 2 saturated heterocycles. The van der Waals surface area contributed by atoms with Crippen LogP contribution in [0.4, 0.5) is 0 Å². The number of nitrogens with zero attached hydrogens (tertiary/aromatic N) is 1. The Balaban J connectivity index is 0.00000180. The van der Waals surface area contributed by atoms with Crippen LogP contribution >= 0.6 is 12.4 Å². The van der Waals surface area contributed by atoms with Gasteiger partial charge in [-0.2, -0.15) is 12.7 Å². The van der Waals surface area contributed by atoms with Gasteiger partial charge in [0.15, 0.2) is 0 Å². The first-order valence-corrected chi connectivity index (χ1v) is 8.37. The van der Waals surface area contributed by atoms with Crippen molar-refractivity contribution < 1.29 is 8.42 Å². The van der Waals surface area contributed by atoms with Crippen LogP contribution in [0.15, 0.2) is 0 Å². The van der Waals surface area contributed by atoms with E-state index in [9.17, 15) is 8.42 Å². The van der Waals surface area contributed by atoms with Crippen LogP contribution < -0.4 is 10.0 Å². The Hall–Kier alpha value is 0.120. The lowest BCUT2D eigenvalue weighted by Gasteiger charge is -2.34. The smallest absolute Gasteiger partial charge is 0.279 e. The largest absolute Gasteiger partial charge is 0.316 e. The number of nitrogens with one attached hydrogen (secondary N) is 2. The minimum Gasteiger partial charge on any atom is -0.316 e. The van der Waals surface area contributed by atoms with Crippen molar-refractivity contribution in [3.05, 3.63) is 0 Å². The predicted molar refractivity (Wildman–Crippen MR) is 79.7 cm³/mol. The molecule has 0 amide bonds. The molecular formula is C12H26ClN3O2S. The lowest BCUT2D eigenvalue weighted by molar-refractivity contribution is 0.220. The normalized spacial score (nSPS) is 33.1. The second kappa shape index (κ2) is 7.22. The summed E-state index contributed by atoms with van der Waals surface area (Å²) in [5.41, 5.74) is 0. The minimum atomic E-state index is -3.28. The van der Waals surface area contributed by atoms with Crippen LogP contribution in [0.2, 0.25) is 0 Å². The van der Waals surface area contributed by atoms with E-state index in [2.05, 4.69) is 23.9 Å². The van der Waals surface area contributed by atoms with E-state index >= 15 is 0 Å². The van der Waals surface area contributed by atoms with Crippen LogP contribution in [0, 0.1) is 17.8 Å². The molecule has 3 atom stereocenters. The van der Waals surface area contributed by atoms with Gasteiger partial charge >= 0.3 is 0 Å². The standard InChI is InChI=1S/C12H25N3O2S.ClH/c1-10-5-11(2)9-15(8-10)18(16,17)14-7-12-3-4-13-6-12;/h10-14H,3-9H2,1-2H3;1H. The topological polar surface area (TPSA) is 61.4 Å². The summed E-state index contributed by atoms with van der Waals surface area (Å²) in [4.78, 5) is 0. The zero-order valence-corrected chi connectivity index (χ0v) is 13.4. The first kappa shape index (κ1) is 17.2. The van der Waals surface area contributed by atoms with Gasteiger partial charge in [0, 0.05) is 19.6 Å². The SMILES string of the molecule is CC1CC(C)CN(S(=O)(=O)NCC2CCNC2)C1.Cl. The Bertz CT molecular complexity index is 361. The van der Waals surface area contributed by atoms with Crippen LogP contribution in [-0.2, 0) is 10.2 Å². The van der Waals surface area contributed by atoms with E-state index < -0.39 is 10.2 Å². The number of rotatable bonds is 4. The second-order valence-corrected chi connectivity index (χ2v) is 7.73. The molecule has 0 aromatic heterocycles. The Morgan fingerprint density at radius 2 is 1.89 bits per heavy atom. The average Bonchev–Trinajstić information content (AvgIpc) is 2.78. The van der Waals surface area contributed by atoms with Crippen LogP contribution in [0.5, 0.6) is 0 Å². The number of piperidine rings is 1. The van der Waals surface area contributed by atoms with Crippen molar-refractivity contribution in [2.45, 2.75) is 26.7 Å². The quantitative estimate of drug-likeness (QED) is 0.808. The maximum absolute atomic E-state index is 12.2. The number of hydrogen-bond donors (Lipinski definition) is 2. The summed E-state index contributed by atoms with van der Waals surface area (Å²) >= 11 is 0. The summed E-state index contributed by atoms with van der Waals surface area (Å²) in [6.45, 7) is 8.05. The van der Waals surface area contributed by atoms with E-state index in [-0.39, 0.29) is 12.4 Å². The van der Waals surface area contributed by atoms with Crippen molar-refractivity contribution in [2.24, 2.45) is 17.8 Å². The molecule has 7 heteroatoms. The van der Waals surface area contributed by atoms with Crippen molar-refractivity contribution in [1.29, 1.82) is 0 Å². The molecule has 3 unspecified atom stereocenters. The molecule has 0 saturated carbocycles. The second-order valence-electron chi connectivity index (χ2n) is 5.98. The van der Waals surface area contributed by atoms with Crippen LogP contribution in [-0.4, -0.2) is 45.4 Å². The van der Waals surface area contributed by atoms with Crippen molar-refractivity contribution in [3.63, 3.8) is 0 Å². The first-order valence-electron chi connectivity index (χ1n) is 6.93. The van der Waals surface area contributed by atoms with E-state index in [1.807, 2.05) is 0 Å². The highest BCUT2D eigenvalue weighted by Crippen LogP contribution is 2.22. The molecule has 0 aromatic rings. The molecule has 2 aliphatic heterocycles. The van der Waals surface area contributed by atoms with E-state index in [1.54, 1.807) is 4.31 Å². The molecule has 2 heterocycles. The lowest BCUT2D eigenvalue weighted by Crippen LogP contribution is -2.48. The first-order chi connectivity index (χ1) is 8.47.